The van der Waals surface area contributed by atoms with E-state index >= 15 is 0 Å². The summed E-state index contributed by atoms with van der Waals surface area (Å²) in [5.74, 6) is 0.125. The monoisotopic (exact) mass is 602 g/mol. The number of carboxylic acids is 1. The van der Waals surface area contributed by atoms with Crippen LogP contribution in [0.25, 0.3) is 10.6 Å². The molecule has 5 rings (SSSR count). The maximum absolute atomic E-state index is 13.5. The van der Waals surface area contributed by atoms with Gasteiger partial charge in [0, 0.05) is 18.7 Å². The van der Waals surface area contributed by atoms with Gasteiger partial charge in [0.2, 0.25) is 5.13 Å². The van der Waals surface area contributed by atoms with Crippen LogP contribution in [0.1, 0.15) is 47.2 Å². The Morgan fingerprint density at radius 3 is 2.45 bits per heavy atom. The van der Waals surface area contributed by atoms with Crippen LogP contribution >= 0.6 is 34.5 Å². The summed E-state index contributed by atoms with van der Waals surface area (Å²) in [6.07, 6.45) is 3.53. The van der Waals surface area contributed by atoms with Crippen molar-refractivity contribution in [1.82, 2.24) is 15.1 Å². The van der Waals surface area contributed by atoms with Crippen LogP contribution in [-0.2, 0) is 4.79 Å². The van der Waals surface area contributed by atoms with Crippen molar-refractivity contribution in [3.8, 4) is 16.3 Å². The van der Waals surface area contributed by atoms with Gasteiger partial charge in [0.05, 0.1) is 21.5 Å². The molecule has 0 atom stereocenters. The van der Waals surface area contributed by atoms with Gasteiger partial charge < -0.3 is 9.84 Å². The Balaban J connectivity index is 1.27. The third kappa shape index (κ3) is 6.60. The van der Waals surface area contributed by atoms with Crippen LogP contribution < -0.4 is 9.64 Å². The van der Waals surface area contributed by atoms with Gasteiger partial charge in [-0.2, -0.15) is 0 Å². The van der Waals surface area contributed by atoms with Crippen molar-refractivity contribution in [3.63, 3.8) is 0 Å². The van der Waals surface area contributed by atoms with Crippen molar-refractivity contribution < 1.29 is 19.4 Å². The number of aromatic nitrogens is 2. The molecule has 0 spiro atoms. The zero-order valence-corrected chi connectivity index (χ0v) is 24.9. The van der Waals surface area contributed by atoms with Gasteiger partial charge >= 0.3 is 5.97 Å². The van der Waals surface area contributed by atoms with Gasteiger partial charge in [-0.15, -0.1) is 10.2 Å². The summed E-state index contributed by atoms with van der Waals surface area (Å²) < 4.78 is 6.16. The minimum Gasteiger partial charge on any atom is -0.492 e. The first-order chi connectivity index (χ1) is 19.2. The Bertz CT molecular complexity index is 1380. The van der Waals surface area contributed by atoms with E-state index in [-0.39, 0.29) is 16.8 Å². The van der Waals surface area contributed by atoms with Gasteiger partial charge in [-0.05, 0) is 93.9 Å². The molecule has 0 bridgehead atoms. The van der Waals surface area contributed by atoms with Gasteiger partial charge in [0.1, 0.15) is 17.4 Å². The number of likely N-dealkylation sites (tertiary alicyclic amines) is 1. The number of ether oxygens (including phenoxy) is 1. The lowest BCUT2D eigenvalue weighted by Gasteiger charge is -2.30. The molecule has 0 radical (unpaired) electrons. The third-order valence-corrected chi connectivity index (χ3v) is 9.32. The van der Waals surface area contributed by atoms with Crippen LogP contribution in [0.15, 0.2) is 30.3 Å². The minimum atomic E-state index is -0.697. The zero-order chi connectivity index (χ0) is 28.4. The highest BCUT2D eigenvalue weighted by Gasteiger charge is 2.31. The number of benzene rings is 2. The van der Waals surface area contributed by atoms with E-state index < -0.39 is 5.97 Å². The van der Waals surface area contributed by atoms with E-state index in [0.29, 0.717) is 47.6 Å². The minimum absolute atomic E-state index is 0.231. The van der Waals surface area contributed by atoms with Crippen molar-refractivity contribution in [3.05, 3.63) is 57.1 Å². The van der Waals surface area contributed by atoms with E-state index in [1.807, 2.05) is 26.0 Å². The molecule has 8 nitrogen and oxygen atoms in total. The molecule has 1 N–H and O–H groups in total. The molecule has 1 saturated carbocycles. The number of aliphatic carboxylic acids is 1. The smallest absolute Gasteiger partial charge is 0.306 e. The van der Waals surface area contributed by atoms with Crippen LogP contribution in [0.4, 0.5) is 5.13 Å². The number of carbonyl (C=O) groups excluding carboxylic acids is 1. The summed E-state index contributed by atoms with van der Waals surface area (Å²) in [6.45, 7) is 7.43. The fourth-order valence-electron chi connectivity index (χ4n) is 5.04. The highest BCUT2D eigenvalue weighted by atomic mass is 35.5. The van der Waals surface area contributed by atoms with Crippen LogP contribution in [-0.4, -0.2) is 64.9 Å². The number of rotatable bonds is 10. The fourth-order valence-corrected chi connectivity index (χ4v) is 6.26. The first-order valence-corrected chi connectivity index (χ1v) is 15.1. The number of aryl methyl sites for hydroxylation is 2. The lowest BCUT2D eigenvalue weighted by molar-refractivity contribution is -0.143. The molecule has 3 aromatic rings. The molecule has 2 aromatic carbocycles. The molecule has 2 aliphatic rings. The molecular weight excluding hydrogens is 571 g/mol. The van der Waals surface area contributed by atoms with E-state index in [1.54, 1.807) is 23.1 Å². The molecule has 212 valence electrons. The molecule has 11 heteroatoms. The summed E-state index contributed by atoms with van der Waals surface area (Å²) in [5.41, 5.74) is 3.26. The molecule has 1 amide bonds. The number of nitrogens with zero attached hydrogens (tertiary/aromatic N) is 4. The maximum atomic E-state index is 13.5. The Morgan fingerprint density at radius 2 is 1.80 bits per heavy atom. The average molecular weight is 604 g/mol. The third-order valence-electron chi connectivity index (χ3n) is 7.51. The number of hydrogen-bond donors (Lipinski definition) is 1. The molecule has 40 heavy (non-hydrogen) atoms. The predicted molar refractivity (Wildman–Crippen MR) is 158 cm³/mol. The van der Waals surface area contributed by atoms with E-state index in [0.717, 1.165) is 59.9 Å². The van der Waals surface area contributed by atoms with Crippen molar-refractivity contribution >= 4 is 51.5 Å². The molecule has 1 saturated heterocycles. The number of hydrogen-bond acceptors (Lipinski definition) is 7. The van der Waals surface area contributed by atoms with Gasteiger partial charge in [-0.1, -0.05) is 40.6 Å². The average Bonchev–Trinajstić information content (AvgIpc) is 3.63. The van der Waals surface area contributed by atoms with Crippen molar-refractivity contribution in [1.29, 1.82) is 0 Å². The number of piperidine rings is 1. The molecule has 0 unspecified atom stereocenters. The van der Waals surface area contributed by atoms with E-state index in [2.05, 4.69) is 15.1 Å². The van der Waals surface area contributed by atoms with E-state index in [9.17, 15) is 14.7 Å². The van der Waals surface area contributed by atoms with Crippen molar-refractivity contribution in [2.24, 2.45) is 11.8 Å². The second kappa shape index (κ2) is 12.4. The molecule has 1 aliphatic heterocycles. The number of halogens is 2. The summed E-state index contributed by atoms with van der Waals surface area (Å²) in [5, 5.41) is 19.9. The van der Waals surface area contributed by atoms with Crippen molar-refractivity contribution in [2.75, 3.05) is 37.7 Å². The topological polar surface area (TPSA) is 95.9 Å². The van der Waals surface area contributed by atoms with Gasteiger partial charge in [-0.3, -0.25) is 19.4 Å². The SMILES string of the molecule is Cc1cc(-c2nnc(N(CC3CC3)C(=O)c3cccc(Cl)c3Cl)s2)cc(C)c1OCCN1CCC(C(=O)O)CC1. The maximum Gasteiger partial charge on any atom is 0.306 e. The highest BCUT2D eigenvalue weighted by Crippen LogP contribution is 2.38. The number of anilines is 1. The largest absolute Gasteiger partial charge is 0.492 e. The summed E-state index contributed by atoms with van der Waals surface area (Å²) in [7, 11) is 0. The van der Waals surface area contributed by atoms with Crippen LogP contribution in [0, 0.1) is 25.7 Å². The Labute approximate surface area is 247 Å². The summed E-state index contributed by atoms with van der Waals surface area (Å²) in [6, 6.07) is 9.13. The Kier molecular flexibility index (Phi) is 8.95. The van der Waals surface area contributed by atoms with E-state index in [1.165, 1.54) is 11.3 Å². The van der Waals surface area contributed by atoms with Crippen LogP contribution in [0.2, 0.25) is 10.0 Å². The van der Waals surface area contributed by atoms with Gasteiger partial charge in [0.25, 0.3) is 5.91 Å². The van der Waals surface area contributed by atoms with Gasteiger partial charge in [-0.25, -0.2) is 0 Å². The normalized spacial score (nSPS) is 16.2. The molecular formula is C29H32Cl2N4O4S. The van der Waals surface area contributed by atoms with Crippen LogP contribution in [0.3, 0.4) is 0 Å². The van der Waals surface area contributed by atoms with Crippen LogP contribution in [0.5, 0.6) is 5.75 Å². The standard InChI is InChI=1S/C29H32Cl2N4O4S/c1-17-14-21(15-18(2)25(17)39-13-12-34-10-8-20(9-11-34)28(37)38)26-32-33-29(40-26)35(16-19-6-7-19)27(36)22-4-3-5-23(30)24(22)31/h3-5,14-15,19-20H,6-13,16H2,1-2H3,(H,37,38). The Morgan fingerprint density at radius 1 is 1.10 bits per heavy atom. The second-order valence-electron chi connectivity index (χ2n) is 10.6. The predicted octanol–water partition coefficient (Wildman–Crippen LogP) is 6.36. The molecule has 1 aromatic heterocycles. The van der Waals surface area contributed by atoms with E-state index in [4.69, 9.17) is 27.9 Å². The first kappa shape index (κ1) is 28.8. The van der Waals surface area contributed by atoms with Crippen molar-refractivity contribution in [2.45, 2.75) is 39.5 Å². The second-order valence-corrected chi connectivity index (χ2v) is 12.3. The quantitative estimate of drug-likeness (QED) is 0.288. The summed E-state index contributed by atoms with van der Waals surface area (Å²) >= 11 is 13.9. The number of carboxylic acid groups (broad SMARTS) is 1. The molecule has 2 heterocycles. The zero-order valence-electron chi connectivity index (χ0n) is 22.5. The highest BCUT2D eigenvalue weighted by molar-refractivity contribution is 7.18. The first-order valence-electron chi connectivity index (χ1n) is 13.5. The summed E-state index contributed by atoms with van der Waals surface area (Å²) in [4.78, 5) is 28.6. The fraction of sp³-hybridized carbons (Fsp3) is 0.448. The number of carbonyl (C=O) groups is 2. The Hall–Kier alpha value is -2.72. The molecule has 1 aliphatic carbocycles. The number of amides is 1. The molecule has 2 fully saturated rings. The van der Waals surface area contributed by atoms with Gasteiger partial charge in [0.15, 0.2) is 0 Å². The lowest BCUT2D eigenvalue weighted by Crippen LogP contribution is -2.38. The lowest BCUT2D eigenvalue weighted by atomic mass is 9.97.